The zero-order valence-corrected chi connectivity index (χ0v) is 39.6. The standard InChI is InChI=1S/2C16H8F17O4P.Zn/c2*17-8(9(18)19)10(20,21)11(22,23)12(24,25)13(26,27)14(28,29)15(30,31)16(32,33)37-7-3-1-6(2-4-7)5-38(34,35)36;/h2*1-4H,5H2,(H2,34,35,36);/q;;+2/p-2. The van der Waals surface area contributed by atoms with Gasteiger partial charge >= 0.3 is 115 Å². The third-order valence-corrected chi connectivity index (χ3v) is 10.2. The van der Waals surface area contributed by atoms with Crippen molar-refractivity contribution in [3.63, 3.8) is 0 Å². The molecule has 0 atom stereocenters. The Morgan fingerprint density at radius 3 is 0.766 bits per heavy atom. The molecule has 8 nitrogen and oxygen atoms in total. The Morgan fingerprint density at radius 2 is 0.558 bits per heavy atom. The number of ether oxygens (including phenoxy) is 2. The Kier molecular flexibility index (Phi) is 21.3. The zero-order valence-electron chi connectivity index (χ0n) is 34.8. The molecule has 0 aliphatic heterocycles. The summed E-state index contributed by atoms with van der Waals surface area (Å²) in [5.41, 5.74) is -1.00. The van der Waals surface area contributed by atoms with Crippen LogP contribution >= 0.6 is 15.9 Å². The summed E-state index contributed by atoms with van der Waals surface area (Å²) in [6, 6.07) is 1.81. The van der Waals surface area contributed by atoms with Crippen LogP contribution in [0.15, 0.2) is 72.3 Å². The van der Waals surface area contributed by atoms with E-state index in [4.69, 9.17) is 9.79 Å². The third-order valence-electron chi connectivity index (χ3n) is 8.66. The van der Waals surface area contributed by atoms with Gasteiger partial charge in [-0.05, 0) is 35.4 Å². The second kappa shape index (κ2) is 22.4. The number of allylic oxidation sites excluding steroid dienone is 2. The van der Waals surface area contributed by atoms with Crippen LogP contribution in [0.2, 0.25) is 0 Å². The number of alkyl halides is 28. The number of hydrogen-bond donors (Lipinski definition) is 2. The fourth-order valence-corrected chi connectivity index (χ4v) is 6.01. The molecule has 2 rings (SSSR count). The number of rotatable bonds is 22. The number of benzene rings is 2. The molecule has 2 aromatic rings. The van der Waals surface area contributed by atoms with E-state index in [0.717, 1.165) is 0 Å². The largest absolute Gasteiger partial charge is 2.00 e. The van der Waals surface area contributed by atoms with Crippen LogP contribution in [0.25, 0.3) is 0 Å². The van der Waals surface area contributed by atoms with Crippen molar-refractivity contribution in [1.29, 1.82) is 0 Å². The van der Waals surface area contributed by atoms with E-state index in [1.807, 2.05) is 0 Å². The summed E-state index contributed by atoms with van der Waals surface area (Å²) in [5.74, 6) is -113. The maximum absolute atomic E-state index is 13.8. The van der Waals surface area contributed by atoms with Gasteiger partial charge in [-0.2, -0.15) is 157 Å². The van der Waals surface area contributed by atoms with Crippen molar-refractivity contribution in [1.82, 2.24) is 0 Å². The normalized spacial score (nSPS) is 14.8. The maximum Gasteiger partial charge on any atom is 2.00 e. The minimum atomic E-state index is -8.66. The van der Waals surface area contributed by atoms with Gasteiger partial charge in [-0.15, -0.1) is 0 Å². The molecule has 77 heavy (non-hydrogen) atoms. The van der Waals surface area contributed by atoms with Crippen molar-refractivity contribution in [2.75, 3.05) is 0 Å². The molecule has 2 N–H and O–H groups in total. The van der Waals surface area contributed by atoms with E-state index in [2.05, 4.69) is 9.47 Å². The summed E-state index contributed by atoms with van der Waals surface area (Å²) in [5, 5.41) is 0. The van der Waals surface area contributed by atoms with Gasteiger partial charge in [0.25, 0.3) is 0 Å². The predicted octanol–water partition coefficient (Wildman–Crippen LogP) is 11.0. The van der Waals surface area contributed by atoms with Crippen molar-refractivity contribution in [2.45, 2.75) is 95.6 Å². The molecule has 0 bridgehead atoms. The van der Waals surface area contributed by atoms with Gasteiger partial charge in [0, 0.05) is 0 Å². The predicted molar refractivity (Wildman–Crippen MR) is 170 cm³/mol. The molecule has 0 amide bonds. The minimum absolute atomic E-state index is 0. The average molecular weight is 1300 g/mol. The fourth-order valence-electron chi connectivity index (χ4n) is 4.67. The summed E-state index contributed by atoms with van der Waals surface area (Å²) >= 11 is 0. The van der Waals surface area contributed by atoms with Gasteiger partial charge in [0.2, 0.25) is 19.6 Å². The second-order valence-electron chi connectivity index (χ2n) is 14.2. The minimum Gasteiger partial charge on any atom is -0.687 e. The Labute approximate surface area is 414 Å². The molecule has 0 heterocycles. The summed E-state index contributed by atoms with van der Waals surface area (Å²) in [6.07, 6.45) is -25.7. The summed E-state index contributed by atoms with van der Waals surface area (Å²) in [4.78, 5) is 60.0. The molecule has 0 saturated carbocycles. The SMILES string of the molecule is [O-][P+](O)(O)Cc1ccc(OC(F)(F)C(F)(F)C(F)(F)C(F)(F)C(F)(F)C(F)(F)C(F)(F)C(F)=C(F)F)cc1.[O-][P+]([O-])([O-])Cc1ccc(OC(F)(F)C(F)(F)C(F)(F)C(F)(F)C(F)(F)C(F)(F)C(F)(F)C(F)=C(F)F)cc1.[Zn+2]. The van der Waals surface area contributed by atoms with E-state index in [9.17, 15) is 169 Å². The van der Waals surface area contributed by atoms with E-state index in [0.29, 0.717) is 24.3 Å². The van der Waals surface area contributed by atoms with E-state index in [1.165, 1.54) is 0 Å². The molecule has 0 aliphatic carbocycles. The Balaban J connectivity index is 0.00000148. The van der Waals surface area contributed by atoms with E-state index >= 15 is 0 Å². The van der Waals surface area contributed by atoms with Crippen LogP contribution in [0.5, 0.6) is 11.5 Å². The molecular weight excluding hydrogens is 1290 g/mol. The molecule has 0 unspecified atom stereocenters. The smallest absolute Gasteiger partial charge is 0.687 e. The van der Waals surface area contributed by atoms with Gasteiger partial charge in [-0.3, -0.25) is 0 Å². The maximum atomic E-state index is 13.8. The Morgan fingerprint density at radius 1 is 0.351 bits per heavy atom. The van der Waals surface area contributed by atoms with Crippen molar-refractivity contribution < 1.29 is 208 Å². The van der Waals surface area contributed by atoms with Crippen LogP contribution in [0, 0.1) is 0 Å². The number of hydrogen-bond acceptors (Lipinski definition) is 8. The van der Waals surface area contributed by atoms with Crippen LogP contribution in [-0.2, 0) is 31.8 Å². The van der Waals surface area contributed by atoms with Crippen LogP contribution < -0.4 is 29.0 Å². The summed E-state index contributed by atoms with van der Waals surface area (Å²) in [7, 11) is -10.1. The Bertz CT molecular complexity index is 2230. The van der Waals surface area contributed by atoms with Gasteiger partial charge in [0.05, 0.1) is 6.16 Å². The zero-order chi connectivity index (χ0) is 61.1. The van der Waals surface area contributed by atoms with Gasteiger partial charge in [0.1, 0.15) is 17.7 Å². The number of halogens is 34. The van der Waals surface area contributed by atoms with Crippen molar-refractivity contribution >= 4 is 15.9 Å². The summed E-state index contributed by atoms with van der Waals surface area (Å²) < 4.78 is 458. The van der Waals surface area contributed by atoms with Crippen molar-refractivity contribution in [3.05, 3.63) is 83.5 Å². The van der Waals surface area contributed by atoms with Crippen LogP contribution in [0.4, 0.5) is 149 Å². The monoisotopic (exact) mass is 1300 g/mol. The van der Waals surface area contributed by atoms with Gasteiger partial charge in [-0.1, -0.05) is 24.3 Å². The first-order chi connectivity index (χ1) is 33.0. The topological polar surface area (TPSA) is 151 Å². The molecule has 45 heteroatoms. The average Bonchev–Trinajstić information content (AvgIpc) is 3.22. The van der Waals surface area contributed by atoms with Crippen molar-refractivity contribution in [3.8, 4) is 11.5 Å². The molecule has 0 aromatic heterocycles. The molecule has 0 radical (unpaired) electrons. The van der Waals surface area contributed by atoms with Gasteiger partial charge in [0.15, 0.2) is 0 Å². The fraction of sp³-hybridized carbons (Fsp3) is 0.500. The van der Waals surface area contributed by atoms with E-state index in [-0.39, 0.29) is 43.7 Å². The summed E-state index contributed by atoms with van der Waals surface area (Å²) in [6.45, 7) is 0. The first kappa shape index (κ1) is 73.4. The first-order valence-electron chi connectivity index (χ1n) is 17.4. The molecule has 440 valence electrons. The molecule has 0 spiro atoms. The molecule has 2 aromatic carbocycles. The first-order valence-corrected chi connectivity index (χ1v) is 20.9. The van der Waals surface area contributed by atoms with E-state index < -0.39 is 158 Å². The van der Waals surface area contributed by atoms with Crippen molar-refractivity contribution in [2.24, 2.45) is 0 Å². The molecular formula is C32H14F34O8P2Zn. The van der Waals surface area contributed by atoms with Crippen LogP contribution in [0.1, 0.15) is 11.1 Å². The Hall–Kier alpha value is -3.62. The molecule has 0 aliphatic rings. The van der Waals surface area contributed by atoms with Crippen LogP contribution in [0.3, 0.4) is 0 Å². The van der Waals surface area contributed by atoms with Gasteiger partial charge in [-0.25, -0.2) is 9.79 Å². The quantitative estimate of drug-likeness (QED) is 0.0672. The second-order valence-corrected chi connectivity index (χ2v) is 17.3. The van der Waals surface area contributed by atoms with Crippen LogP contribution in [-0.4, -0.2) is 93.1 Å². The van der Waals surface area contributed by atoms with E-state index in [1.54, 1.807) is 0 Å². The van der Waals surface area contributed by atoms with Gasteiger partial charge < -0.3 is 29.0 Å². The third kappa shape index (κ3) is 13.3. The molecule has 0 fully saturated rings. The molecule has 0 saturated heterocycles.